The molecule has 52 heavy (non-hydrogen) atoms. The van der Waals surface area contributed by atoms with Crippen LogP contribution in [0.4, 0.5) is 0 Å². The molecule has 0 aliphatic heterocycles. The lowest BCUT2D eigenvalue weighted by molar-refractivity contribution is 1.07. The van der Waals surface area contributed by atoms with E-state index in [2.05, 4.69) is 152 Å². The highest BCUT2D eigenvalue weighted by atomic mass is 15.0. The summed E-state index contributed by atoms with van der Waals surface area (Å²) in [6.45, 7) is 0. The number of nitrogens with zero attached hydrogens (tertiary/aromatic N) is 5. The van der Waals surface area contributed by atoms with Gasteiger partial charge in [0.25, 0.3) is 0 Å². The fraction of sp³-hybridized carbons (Fsp3) is 0. The molecule has 0 unspecified atom stereocenters. The Labute approximate surface area is 300 Å². The number of rotatable bonds is 5. The van der Waals surface area contributed by atoms with E-state index < -0.39 is 0 Å². The SMILES string of the molecule is c1ccc2cc(-c3nc(-c4cc(-c5cc6ccccc6cn5)cc(-c5nccc6ccccc56)c4)nc(-c4ccc5ccccc5c4)n3)ccc2c1. The van der Waals surface area contributed by atoms with Crippen LogP contribution in [-0.4, -0.2) is 24.9 Å². The van der Waals surface area contributed by atoms with Crippen molar-refractivity contribution in [1.82, 2.24) is 24.9 Å². The summed E-state index contributed by atoms with van der Waals surface area (Å²) in [6.07, 6.45) is 3.81. The van der Waals surface area contributed by atoms with Gasteiger partial charge in [0, 0.05) is 51.0 Å². The van der Waals surface area contributed by atoms with Gasteiger partial charge in [-0.2, -0.15) is 0 Å². The predicted octanol–water partition coefficient (Wildman–Crippen LogP) is 11.6. The molecule has 0 saturated carbocycles. The van der Waals surface area contributed by atoms with E-state index in [4.69, 9.17) is 24.9 Å². The second-order valence-corrected chi connectivity index (χ2v) is 13.0. The first-order chi connectivity index (χ1) is 25.7. The quantitative estimate of drug-likeness (QED) is 0.183. The van der Waals surface area contributed by atoms with Crippen LogP contribution in [0.15, 0.2) is 176 Å². The number of pyridine rings is 2. The third-order valence-corrected chi connectivity index (χ3v) is 9.72. The molecule has 0 amide bonds. The zero-order valence-electron chi connectivity index (χ0n) is 28.0. The van der Waals surface area contributed by atoms with Gasteiger partial charge in [-0.15, -0.1) is 0 Å². The van der Waals surface area contributed by atoms with Crippen molar-refractivity contribution in [1.29, 1.82) is 0 Å². The predicted molar refractivity (Wildman–Crippen MR) is 213 cm³/mol. The van der Waals surface area contributed by atoms with Crippen molar-refractivity contribution in [2.75, 3.05) is 0 Å². The molecule has 7 aromatic carbocycles. The Morgan fingerprint density at radius 2 is 0.808 bits per heavy atom. The van der Waals surface area contributed by atoms with Crippen molar-refractivity contribution in [3.63, 3.8) is 0 Å². The molecule has 0 N–H and O–H groups in total. The molecule has 0 radical (unpaired) electrons. The summed E-state index contributed by atoms with van der Waals surface area (Å²) in [5.74, 6) is 1.79. The molecule has 0 fully saturated rings. The largest absolute Gasteiger partial charge is 0.256 e. The Bertz CT molecular complexity index is 2880. The van der Waals surface area contributed by atoms with Gasteiger partial charge in [0.2, 0.25) is 0 Å². The smallest absolute Gasteiger partial charge is 0.164 e. The van der Waals surface area contributed by atoms with E-state index in [-0.39, 0.29) is 0 Å². The molecule has 0 spiro atoms. The van der Waals surface area contributed by atoms with Gasteiger partial charge < -0.3 is 0 Å². The maximum absolute atomic E-state index is 5.19. The summed E-state index contributed by atoms with van der Waals surface area (Å²) in [5, 5.41) is 9.00. The number of fused-ring (bicyclic) bond motifs is 4. The van der Waals surface area contributed by atoms with E-state index in [1.807, 2.05) is 24.5 Å². The van der Waals surface area contributed by atoms with Crippen molar-refractivity contribution in [2.24, 2.45) is 0 Å². The van der Waals surface area contributed by atoms with Crippen molar-refractivity contribution < 1.29 is 0 Å². The zero-order valence-corrected chi connectivity index (χ0v) is 28.0. The standard InChI is InChI=1S/C47H29N5/c1-3-12-33-23-36(19-17-30(33)9-1)45-50-46(37-20-18-31-10-2-4-13-34(31)24-37)52-47(51-45)41-26-39(43-28-35-14-5-6-15-38(35)29-49-43)25-40(27-41)44-42-16-8-7-11-32(42)21-22-48-44/h1-29H. The van der Waals surface area contributed by atoms with Crippen molar-refractivity contribution >= 4 is 43.1 Å². The summed E-state index contributed by atoms with van der Waals surface area (Å²) in [7, 11) is 0. The van der Waals surface area contributed by atoms with Gasteiger partial charge in [-0.1, -0.05) is 121 Å². The molecule has 242 valence electrons. The molecule has 5 nitrogen and oxygen atoms in total. The average Bonchev–Trinajstić information content (AvgIpc) is 3.22. The van der Waals surface area contributed by atoms with E-state index in [0.717, 1.165) is 82.3 Å². The van der Waals surface area contributed by atoms with Crippen LogP contribution in [0.3, 0.4) is 0 Å². The van der Waals surface area contributed by atoms with Gasteiger partial charge in [-0.3, -0.25) is 9.97 Å². The lowest BCUT2D eigenvalue weighted by atomic mass is 9.97. The first-order valence-corrected chi connectivity index (χ1v) is 17.3. The van der Waals surface area contributed by atoms with Gasteiger partial charge in [-0.05, 0) is 74.8 Å². The highest BCUT2D eigenvalue weighted by molar-refractivity contribution is 5.96. The highest BCUT2D eigenvalue weighted by Gasteiger charge is 2.17. The fourth-order valence-electron chi connectivity index (χ4n) is 7.05. The van der Waals surface area contributed by atoms with E-state index in [1.165, 1.54) is 0 Å². The minimum absolute atomic E-state index is 0.574. The van der Waals surface area contributed by atoms with Crippen molar-refractivity contribution in [3.05, 3.63) is 176 Å². The van der Waals surface area contributed by atoms with Crippen LogP contribution in [0, 0.1) is 0 Å². The van der Waals surface area contributed by atoms with Crippen LogP contribution >= 0.6 is 0 Å². The minimum Gasteiger partial charge on any atom is -0.256 e. The third kappa shape index (κ3) is 5.42. The van der Waals surface area contributed by atoms with Crippen LogP contribution in [0.1, 0.15) is 0 Å². The van der Waals surface area contributed by atoms with Gasteiger partial charge in [-0.25, -0.2) is 15.0 Å². The zero-order chi connectivity index (χ0) is 34.4. The number of benzene rings is 7. The Morgan fingerprint density at radius 1 is 0.308 bits per heavy atom. The Hall–Kier alpha value is -7.11. The minimum atomic E-state index is 0.574. The normalized spacial score (nSPS) is 11.5. The molecule has 3 heterocycles. The molecule has 0 atom stereocenters. The second-order valence-electron chi connectivity index (χ2n) is 13.0. The highest BCUT2D eigenvalue weighted by Crippen LogP contribution is 2.36. The maximum Gasteiger partial charge on any atom is 0.164 e. The summed E-state index contributed by atoms with van der Waals surface area (Å²) < 4.78 is 0. The van der Waals surface area contributed by atoms with E-state index in [1.54, 1.807) is 0 Å². The first kappa shape index (κ1) is 29.8. The van der Waals surface area contributed by atoms with Gasteiger partial charge in [0.05, 0.1) is 11.4 Å². The summed E-state index contributed by atoms with van der Waals surface area (Å²) in [4.78, 5) is 25.3. The lowest BCUT2D eigenvalue weighted by Crippen LogP contribution is -2.01. The number of hydrogen-bond donors (Lipinski definition) is 0. The van der Waals surface area contributed by atoms with Crippen LogP contribution in [0.5, 0.6) is 0 Å². The van der Waals surface area contributed by atoms with Crippen molar-refractivity contribution in [3.8, 4) is 56.7 Å². The molecule has 0 bridgehead atoms. The summed E-state index contributed by atoms with van der Waals surface area (Å²) in [6, 6.07) is 56.7. The molecule has 5 heteroatoms. The van der Waals surface area contributed by atoms with Crippen LogP contribution in [0.25, 0.3) is 99.8 Å². The Kier molecular flexibility index (Phi) is 7.07. The number of hydrogen-bond acceptors (Lipinski definition) is 5. The first-order valence-electron chi connectivity index (χ1n) is 17.3. The average molecular weight is 664 g/mol. The second kappa shape index (κ2) is 12.3. The number of aromatic nitrogens is 5. The van der Waals surface area contributed by atoms with E-state index >= 15 is 0 Å². The van der Waals surface area contributed by atoms with Crippen LogP contribution in [-0.2, 0) is 0 Å². The van der Waals surface area contributed by atoms with Gasteiger partial charge in [0.15, 0.2) is 17.5 Å². The third-order valence-electron chi connectivity index (χ3n) is 9.72. The lowest BCUT2D eigenvalue weighted by Gasteiger charge is -2.13. The fourth-order valence-corrected chi connectivity index (χ4v) is 7.05. The Morgan fingerprint density at radius 3 is 1.46 bits per heavy atom. The monoisotopic (exact) mass is 663 g/mol. The van der Waals surface area contributed by atoms with E-state index in [0.29, 0.717) is 17.5 Å². The maximum atomic E-state index is 5.19. The molecule has 10 rings (SSSR count). The van der Waals surface area contributed by atoms with Crippen LogP contribution < -0.4 is 0 Å². The van der Waals surface area contributed by atoms with Crippen molar-refractivity contribution in [2.45, 2.75) is 0 Å². The van der Waals surface area contributed by atoms with Gasteiger partial charge in [0.1, 0.15) is 0 Å². The molecular formula is C47H29N5. The molecule has 0 saturated heterocycles. The van der Waals surface area contributed by atoms with Crippen LogP contribution in [0.2, 0.25) is 0 Å². The summed E-state index contributed by atoms with van der Waals surface area (Å²) >= 11 is 0. The molecule has 3 aromatic heterocycles. The topological polar surface area (TPSA) is 64.5 Å². The van der Waals surface area contributed by atoms with Gasteiger partial charge >= 0.3 is 0 Å². The molecule has 0 aliphatic carbocycles. The summed E-state index contributed by atoms with van der Waals surface area (Å²) in [5.41, 5.74) is 6.36. The molecule has 10 aromatic rings. The molecule has 0 aliphatic rings. The van der Waals surface area contributed by atoms with E-state index in [9.17, 15) is 0 Å². The molecular weight excluding hydrogens is 635 g/mol. The Balaban J connectivity index is 1.22.